The van der Waals surface area contributed by atoms with Gasteiger partial charge in [-0.2, -0.15) is 0 Å². The van der Waals surface area contributed by atoms with Gasteiger partial charge in [-0.3, -0.25) is 9.69 Å². The zero-order valence-electron chi connectivity index (χ0n) is 19.4. The van der Waals surface area contributed by atoms with Crippen LogP contribution in [0.5, 0.6) is 17.2 Å². The fourth-order valence-electron chi connectivity index (χ4n) is 4.65. The maximum absolute atomic E-state index is 12.1. The Kier molecular flexibility index (Phi) is 7.65. The molecule has 1 aliphatic rings. The number of fused-ring (bicyclic) bond motifs is 1. The van der Waals surface area contributed by atoms with Gasteiger partial charge in [0.25, 0.3) is 0 Å². The lowest BCUT2D eigenvalue weighted by molar-refractivity contribution is 0.0262. The van der Waals surface area contributed by atoms with E-state index in [0.29, 0.717) is 11.3 Å². The molecule has 1 aliphatic heterocycles. The highest BCUT2D eigenvalue weighted by Crippen LogP contribution is 2.47. The van der Waals surface area contributed by atoms with Gasteiger partial charge in [-0.05, 0) is 91.6 Å². The minimum Gasteiger partial charge on any atom is -0.508 e. The molecule has 2 N–H and O–H groups in total. The molecule has 0 spiro atoms. The molecule has 2 heterocycles. The fraction of sp³-hybridized carbons (Fsp3) is 0.250. The average molecular weight is 510 g/mol. The van der Waals surface area contributed by atoms with Crippen LogP contribution in [0.25, 0.3) is 31.7 Å². The van der Waals surface area contributed by atoms with E-state index in [4.69, 9.17) is 4.74 Å². The quantitative estimate of drug-likeness (QED) is 0.271. The van der Waals surface area contributed by atoms with Crippen LogP contribution in [0.2, 0.25) is 0 Å². The lowest BCUT2D eigenvalue weighted by Gasteiger charge is -2.32. The Bertz CT molecular complexity index is 1330. The Morgan fingerprint density at radius 1 is 0.943 bits per heavy atom. The summed E-state index contributed by atoms with van der Waals surface area (Å²) in [6, 6.07) is 17.9. The minimum absolute atomic E-state index is 0. The Balaban J connectivity index is 0.00000289. The molecule has 1 aromatic heterocycles. The van der Waals surface area contributed by atoms with Crippen molar-refractivity contribution in [1.82, 2.24) is 4.90 Å². The molecule has 0 radical (unpaired) electrons. The molecule has 5 rings (SSSR count). The molecule has 3 aromatic carbocycles. The number of piperidine rings is 1. The van der Waals surface area contributed by atoms with Gasteiger partial charge < -0.3 is 14.9 Å². The molecule has 0 aliphatic carbocycles. The van der Waals surface area contributed by atoms with Gasteiger partial charge in [0.2, 0.25) is 0 Å². The highest BCUT2D eigenvalue weighted by Gasteiger charge is 2.21. The largest absolute Gasteiger partial charge is 0.508 e. The van der Waals surface area contributed by atoms with Crippen molar-refractivity contribution >= 4 is 40.1 Å². The summed E-state index contributed by atoms with van der Waals surface area (Å²) in [4.78, 5) is 15.4. The molecule has 4 aromatic rings. The van der Waals surface area contributed by atoms with Gasteiger partial charge in [-0.15, -0.1) is 23.7 Å². The first-order chi connectivity index (χ1) is 16.5. The first-order valence-electron chi connectivity index (χ1n) is 11.6. The summed E-state index contributed by atoms with van der Waals surface area (Å²) in [5.74, 6) is 1.11. The fourth-order valence-corrected chi connectivity index (χ4v) is 5.91. The Labute approximate surface area is 215 Å². The standard InChI is InChI=1S/C28H27NO4S.ClH/c1-18(29-13-3-2-4-14-29)33-23-11-7-20(17-30)25(16-23)27-24-12-10-22(32)15-26(24)34-28(27)19-5-8-21(31)9-6-19;/h5-12,15-18,31-32H,2-4,13-14H2,1H3;1H. The van der Waals surface area contributed by atoms with Crippen LogP contribution in [0.15, 0.2) is 60.7 Å². The number of hydrogen-bond donors (Lipinski definition) is 2. The lowest BCUT2D eigenvalue weighted by atomic mass is 9.95. The summed E-state index contributed by atoms with van der Waals surface area (Å²) < 4.78 is 7.24. The van der Waals surface area contributed by atoms with Crippen molar-refractivity contribution < 1.29 is 19.7 Å². The number of hydrogen-bond acceptors (Lipinski definition) is 6. The van der Waals surface area contributed by atoms with Crippen molar-refractivity contribution in [3.8, 4) is 38.8 Å². The van der Waals surface area contributed by atoms with Crippen molar-refractivity contribution in [1.29, 1.82) is 0 Å². The number of benzene rings is 3. The number of carbonyl (C=O) groups is 1. The number of phenolic OH excluding ortho intramolecular Hbond substituents is 2. The molecule has 182 valence electrons. The Morgan fingerprint density at radius 2 is 1.66 bits per heavy atom. The number of likely N-dealkylation sites (tertiary alicyclic amines) is 1. The van der Waals surface area contributed by atoms with Crippen LogP contribution in [0.1, 0.15) is 36.5 Å². The second-order valence-corrected chi connectivity index (χ2v) is 9.77. The molecule has 5 nitrogen and oxygen atoms in total. The van der Waals surface area contributed by atoms with Crippen LogP contribution in [0.3, 0.4) is 0 Å². The number of carbonyl (C=O) groups excluding carboxylic acids is 1. The maximum atomic E-state index is 12.1. The van der Waals surface area contributed by atoms with Crippen LogP contribution in [-0.2, 0) is 0 Å². The van der Waals surface area contributed by atoms with Gasteiger partial charge in [-0.25, -0.2) is 0 Å². The number of ether oxygens (including phenoxy) is 1. The molecule has 0 bridgehead atoms. The second-order valence-electron chi connectivity index (χ2n) is 8.71. The van der Waals surface area contributed by atoms with Crippen molar-refractivity contribution in [2.24, 2.45) is 0 Å². The van der Waals surface area contributed by atoms with Crippen molar-refractivity contribution in [3.63, 3.8) is 0 Å². The van der Waals surface area contributed by atoms with Crippen molar-refractivity contribution in [2.75, 3.05) is 13.1 Å². The predicted molar refractivity (Wildman–Crippen MR) is 144 cm³/mol. The van der Waals surface area contributed by atoms with Gasteiger partial charge in [0.1, 0.15) is 23.5 Å². The third-order valence-corrected chi connectivity index (χ3v) is 7.64. The van der Waals surface area contributed by atoms with Crippen LogP contribution >= 0.6 is 23.7 Å². The molecule has 1 saturated heterocycles. The van der Waals surface area contributed by atoms with E-state index >= 15 is 0 Å². The van der Waals surface area contributed by atoms with Crippen LogP contribution in [0, 0.1) is 0 Å². The Hall–Kier alpha value is -3.06. The van der Waals surface area contributed by atoms with Gasteiger partial charge in [-0.1, -0.05) is 6.42 Å². The molecule has 35 heavy (non-hydrogen) atoms. The van der Waals surface area contributed by atoms with E-state index in [9.17, 15) is 15.0 Å². The summed E-state index contributed by atoms with van der Waals surface area (Å²) in [6.45, 7) is 4.14. The molecular formula is C28H28ClNO4S. The number of aromatic hydroxyl groups is 2. The van der Waals surface area contributed by atoms with E-state index in [1.165, 1.54) is 19.3 Å². The highest BCUT2D eigenvalue weighted by molar-refractivity contribution is 7.23. The van der Waals surface area contributed by atoms with Crippen LogP contribution in [-0.4, -0.2) is 40.7 Å². The SMILES string of the molecule is CC(Oc1ccc(C=O)c(-c2c(-c3ccc(O)cc3)sc3cc(O)ccc23)c1)N1CCCCC1.Cl. The number of halogens is 1. The summed E-state index contributed by atoms with van der Waals surface area (Å²) >= 11 is 1.55. The normalized spacial score (nSPS) is 14.9. The zero-order chi connectivity index (χ0) is 23.7. The third-order valence-electron chi connectivity index (χ3n) is 6.44. The van der Waals surface area contributed by atoms with E-state index in [2.05, 4.69) is 11.8 Å². The number of rotatable bonds is 6. The van der Waals surface area contributed by atoms with E-state index in [-0.39, 0.29) is 30.1 Å². The summed E-state index contributed by atoms with van der Waals surface area (Å²) in [5.41, 5.74) is 3.21. The number of nitrogens with zero attached hydrogens (tertiary/aromatic N) is 1. The molecule has 7 heteroatoms. The van der Waals surface area contributed by atoms with Crippen molar-refractivity contribution in [2.45, 2.75) is 32.4 Å². The number of aldehydes is 1. The highest BCUT2D eigenvalue weighted by atomic mass is 35.5. The summed E-state index contributed by atoms with van der Waals surface area (Å²) in [6.07, 6.45) is 4.46. The van der Waals surface area contributed by atoms with Crippen LogP contribution in [0.4, 0.5) is 0 Å². The molecule has 1 unspecified atom stereocenters. The number of thiophene rings is 1. The van der Waals surface area contributed by atoms with Gasteiger partial charge in [0, 0.05) is 39.2 Å². The van der Waals surface area contributed by atoms with E-state index in [1.807, 2.05) is 36.4 Å². The third kappa shape index (κ3) is 5.15. The topological polar surface area (TPSA) is 70.0 Å². The molecule has 0 saturated carbocycles. The molecular weight excluding hydrogens is 482 g/mol. The number of phenols is 2. The smallest absolute Gasteiger partial charge is 0.150 e. The maximum Gasteiger partial charge on any atom is 0.150 e. The first kappa shape index (κ1) is 25.0. The predicted octanol–water partition coefficient (Wildman–Crippen LogP) is 7.09. The summed E-state index contributed by atoms with van der Waals surface area (Å²) in [7, 11) is 0. The average Bonchev–Trinajstić information content (AvgIpc) is 3.23. The van der Waals surface area contributed by atoms with E-state index in [1.54, 1.807) is 35.6 Å². The molecule has 1 fully saturated rings. The first-order valence-corrected chi connectivity index (χ1v) is 12.4. The van der Waals surface area contributed by atoms with Gasteiger partial charge in [0.15, 0.2) is 6.29 Å². The molecule has 1 atom stereocenters. The zero-order valence-corrected chi connectivity index (χ0v) is 21.1. The monoisotopic (exact) mass is 509 g/mol. The lowest BCUT2D eigenvalue weighted by Crippen LogP contribution is -2.40. The van der Waals surface area contributed by atoms with E-state index < -0.39 is 0 Å². The second kappa shape index (κ2) is 10.7. The summed E-state index contributed by atoms with van der Waals surface area (Å²) in [5, 5.41) is 20.8. The van der Waals surface area contributed by atoms with Crippen molar-refractivity contribution in [3.05, 3.63) is 66.2 Å². The Morgan fingerprint density at radius 3 is 2.37 bits per heavy atom. The minimum atomic E-state index is -0.0528. The van der Waals surface area contributed by atoms with E-state index in [0.717, 1.165) is 51.0 Å². The molecule has 0 amide bonds. The van der Waals surface area contributed by atoms with Gasteiger partial charge in [0.05, 0.1) is 0 Å². The van der Waals surface area contributed by atoms with Crippen LogP contribution < -0.4 is 4.74 Å². The van der Waals surface area contributed by atoms with Gasteiger partial charge >= 0.3 is 0 Å².